The van der Waals surface area contributed by atoms with Crippen LogP contribution in [0.5, 0.6) is 5.75 Å². The standard InChI is InChI=1S/C15H24ClNO2/c1-4-15(18,5-2)11-19-14-9-7-8-13(16)12(14)10-17-6-3/h7-9,17-18H,4-6,10-11H2,1-3H3. The molecule has 1 rings (SSSR count). The van der Waals surface area contributed by atoms with Crippen LogP contribution in [-0.2, 0) is 6.54 Å². The van der Waals surface area contributed by atoms with Gasteiger partial charge in [0.1, 0.15) is 12.4 Å². The highest BCUT2D eigenvalue weighted by molar-refractivity contribution is 6.31. The summed E-state index contributed by atoms with van der Waals surface area (Å²) in [5.41, 5.74) is 0.179. The third kappa shape index (κ3) is 4.68. The fourth-order valence-electron chi connectivity index (χ4n) is 1.76. The maximum Gasteiger partial charge on any atom is 0.125 e. The number of aliphatic hydroxyl groups is 1. The van der Waals surface area contributed by atoms with Crippen molar-refractivity contribution in [2.45, 2.75) is 45.8 Å². The zero-order valence-corrected chi connectivity index (χ0v) is 12.8. The van der Waals surface area contributed by atoms with E-state index in [-0.39, 0.29) is 0 Å². The number of rotatable bonds is 8. The van der Waals surface area contributed by atoms with E-state index in [0.717, 1.165) is 17.9 Å². The van der Waals surface area contributed by atoms with Gasteiger partial charge in [-0.1, -0.05) is 38.4 Å². The van der Waals surface area contributed by atoms with Crippen LogP contribution in [0.15, 0.2) is 18.2 Å². The lowest BCUT2D eigenvalue weighted by Crippen LogP contribution is -2.34. The number of ether oxygens (including phenoxy) is 1. The van der Waals surface area contributed by atoms with Gasteiger partial charge in [0, 0.05) is 17.1 Å². The Bertz CT molecular complexity index is 392. The highest BCUT2D eigenvalue weighted by Crippen LogP contribution is 2.27. The van der Waals surface area contributed by atoms with E-state index in [4.69, 9.17) is 16.3 Å². The van der Waals surface area contributed by atoms with E-state index in [1.807, 2.05) is 39.0 Å². The average Bonchev–Trinajstić information content (AvgIpc) is 2.43. The number of halogens is 1. The van der Waals surface area contributed by atoms with Gasteiger partial charge in [-0.25, -0.2) is 0 Å². The molecule has 0 aliphatic carbocycles. The second-order valence-electron chi connectivity index (χ2n) is 4.72. The second kappa shape index (κ2) is 7.73. The van der Waals surface area contributed by atoms with Crippen molar-refractivity contribution in [3.05, 3.63) is 28.8 Å². The molecule has 0 saturated heterocycles. The summed E-state index contributed by atoms with van der Waals surface area (Å²) in [5.74, 6) is 0.744. The second-order valence-corrected chi connectivity index (χ2v) is 5.12. The first-order valence-electron chi connectivity index (χ1n) is 6.89. The molecule has 0 aromatic heterocycles. The molecule has 3 nitrogen and oxygen atoms in total. The van der Waals surface area contributed by atoms with Gasteiger partial charge in [-0.15, -0.1) is 0 Å². The molecule has 0 amide bonds. The zero-order valence-electron chi connectivity index (χ0n) is 12.0. The third-order valence-electron chi connectivity index (χ3n) is 3.44. The molecule has 0 atom stereocenters. The van der Waals surface area contributed by atoms with Crippen molar-refractivity contribution in [1.82, 2.24) is 5.32 Å². The minimum atomic E-state index is -0.766. The van der Waals surface area contributed by atoms with Gasteiger partial charge in [0.25, 0.3) is 0 Å². The van der Waals surface area contributed by atoms with Gasteiger partial charge in [-0.05, 0) is 31.5 Å². The SMILES string of the molecule is CCNCc1c(Cl)cccc1OCC(O)(CC)CC. The van der Waals surface area contributed by atoms with E-state index in [1.54, 1.807) is 0 Å². The van der Waals surface area contributed by atoms with Gasteiger partial charge in [-0.2, -0.15) is 0 Å². The van der Waals surface area contributed by atoms with Crippen molar-refractivity contribution in [3.63, 3.8) is 0 Å². The van der Waals surface area contributed by atoms with Crippen molar-refractivity contribution < 1.29 is 9.84 Å². The molecule has 0 heterocycles. The van der Waals surface area contributed by atoms with E-state index in [0.29, 0.717) is 31.0 Å². The molecule has 4 heteroatoms. The Morgan fingerprint density at radius 1 is 1.26 bits per heavy atom. The van der Waals surface area contributed by atoms with Crippen LogP contribution in [0.3, 0.4) is 0 Å². The van der Waals surface area contributed by atoms with Crippen molar-refractivity contribution in [2.75, 3.05) is 13.2 Å². The molecule has 0 unspecified atom stereocenters. The maximum absolute atomic E-state index is 10.3. The summed E-state index contributed by atoms with van der Waals surface area (Å²) >= 11 is 6.20. The van der Waals surface area contributed by atoms with Crippen molar-refractivity contribution in [2.24, 2.45) is 0 Å². The number of hydrogen-bond acceptors (Lipinski definition) is 3. The Hall–Kier alpha value is -0.770. The lowest BCUT2D eigenvalue weighted by molar-refractivity contribution is -0.0116. The molecule has 0 aliphatic heterocycles. The van der Waals surface area contributed by atoms with Crippen molar-refractivity contribution in [3.8, 4) is 5.75 Å². The topological polar surface area (TPSA) is 41.5 Å². The maximum atomic E-state index is 10.3. The fraction of sp³-hybridized carbons (Fsp3) is 0.600. The van der Waals surface area contributed by atoms with Gasteiger partial charge < -0.3 is 15.2 Å². The molecule has 0 saturated carbocycles. The molecule has 19 heavy (non-hydrogen) atoms. The predicted octanol–water partition coefficient (Wildman–Crippen LogP) is 3.38. The smallest absolute Gasteiger partial charge is 0.125 e. The average molecular weight is 286 g/mol. The van der Waals surface area contributed by atoms with Crippen LogP contribution in [0.25, 0.3) is 0 Å². The molecule has 0 spiro atoms. The zero-order chi connectivity index (χ0) is 14.3. The Balaban J connectivity index is 2.80. The summed E-state index contributed by atoms with van der Waals surface area (Å²) in [6.45, 7) is 7.80. The van der Waals surface area contributed by atoms with Gasteiger partial charge in [0.05, 0.1) is 5.60 Å². The first-order valence-corrected chi connectivity index (χ1v) is 7.27. The van der Waals surface area contributed by atoms with Crippen LogP contribution in [0.4, 0.5) is 0 Å². The van der Waals surface area contributed by atoms with E-state index in [2.05, 4.69) is 5.32 Å². The van der Waals surface area contributed by atoms with Gasteiger partial charge in [0.15, 0.2) is 0 Å². The van der Waals surface area contributed by atoms with Crippen LogP contribution < -0.4 is 10.1 Å². The van der Waals surface area contributed by atoms with Gasteiger partial charge in [0.2, 0.25) is 0 Å². The molecule has 0 aliphatic rings. The van der Waals surface area contributed by atoms with E-state index in [9.17, 15) is 5.11 Å². The first kappa shape index (κ1) is 16.3. The third-order valence-corrected chi connectivity index (χ3v) is 3.79. The van der Waals surface area contributed by atoms with E-state index in [1.165, 1.54) is 0 Å². The van der Waals surface area contributed by atoms with Gasteiger partial charge in [-0.3, -0.25) is 0 Å². The summed E-state index contributed by atoms with van der Waals surface area (Å²) in [4.78, 5) is 0. The molecule has 0 radical (unpaired) electrons. The molecule has 108 valence electrons. The van der Waals surface area contributed by atoms with Crippen LogP contribution >= 0.6 is 11.6 Å². The van der Waals surface area contributed by atoms with Crippen LogP contribution in [0, 0.1) is 0 Å². The molecule has 2 N–H and O–H groups in total. The van der Waals surface area contributed by atoms with Crippen molar-refractivity contribution >= 4 is 11.6 Å². The van der Waals surface area contributed by atoms with E-state index < -0.39 is 5.60 Å². The van der Waals surface area contributed by atoms with Crippen LogP contribution in [0.2, 0.25) is 5.02 Å². The number of nitrogens with one attached hydrogen (secondary N) is 1. The summed E-state index contributed by atoms with van der Waals surface area (Å²) in [6.07, 6.45) is 1.35. The van der Waals surface area contributed by atoms with Crippen LogP contribution in [0.1, 0.15) is 39.2 Å². The molecular weight excluding hydrogens is 262 g/mol. The lowest BCUT2D eigenvalue weighted by atomic mass is 9.99. The predicted molar refractivity (Wildman–Crippen MR) is 79.9 cm³/mol. The fourth-order valence-corrected chi connectivity index (χ4v) is 1.99. The highest BCUT2D eigenvalue weighted by atomic mass is 35.5. The van der Waals surface area contributed by atoms with Gasteiger partial charge >= 0.3 is 0 Å². The largest absolute Gasteiger partial charge is 0.490 e. The Kier molecular flexibility index (Phi) is 6.63. The number of hydrogen-bond donors (Lipinski definition) is 2. The molecule has 1 aromatic carbocycles. The van der Waals surface area contributed by atoms with E-state index >= 15 is 0 Å². The number of benzene rings is 1. The first-order chi connectivity index (χ1) is 9.06. The molecule has 0 fully saturated rings. The summed E-state index contributed by atoms with van der Waals surface area (Å²) < 4.78 is 5.79. The molecular formula is C15H24ClNO2. The highest BCUT2D eigenvalue weighted by Gasteiger charge is 2.23. The van der Waals surface area contributed by atoms with Crippen LogP contribution in [-0.4, -0.2) is 23.9 Å². The Morgan fingerprint density at radius 3 is 2.53 bits per heavy atom. The monoisotopic (exact) mass is 285 g/mol. The minimum absolute atomic E-state index is 0.291. The Labute approximate surface area is 120 Å². The summed E-state index contributed by atoms with van der Waals surface area (Å²) in [5, 5.41) is 14.2. The molecule has 0 bridgehead atoms. The lowest BCUT2D eigenvalue weighted by Gasteiger charge is -2.26. The summed E-state index contributed by atoms with van der Waals surface area (Å²) in [7, 11) is 0. The quantitative estimate of drug-likeness (QED) is 0.769. The van der Waals surface area contributed by atoms with Crippen molar-refractivity contribution in [1.29, 1.82) is 0 Å². The molecule has 1 aromatic rings. The summed E-state index contributed by atoms with van der Waals surface area (Å²) in [6, 6.07) is 5.61. The Morgan fingerprint density at radius 2 is 1.95 bits per heavy atom. The minimum Gasteiger partial charge on any atom is -0.490 e. The normalized spacial score (nSPS) is 11.6.